The van der Waals surface area contributed by atoms with Crippen molar-refractivity contribution in [3.8, 4) is 0 Å². The SMILES string of the molecule is CC1(C)CCCC(NCC(=O)N2CCCCCC2)C1. The fraction of sp³-hybridized carbons (Fsp3) is 0.938. The molecular formula is C16H30N2O. The molecule has 0 aromatic heterocycles. The standard InChI is InChI=1S/C16H30N2O/c1-16(2)9-7-8-14(12-16)17-13-15(19)18-10-5-3-4-6-11-18/h14,17H,3-13H2,1-2H3. The molecule has 3 heteroatoms. The van der Waals surface area contributed by atoms with Crippen molar-refractivity contribution in [2.24, 2.45) is 5.41 Å². The number of rotatable bonds is 3. The largest absolute Gasteiger partial charge is 0.342 e. The number of hydrogen-bond donors (Lipinski definition) is 1. The van der Waals surface area contributed by atoms with E-state index in [9.17, 15) is 4.79 Å². The molecule has 0 aromatic rings. The molecule has 0 radical (unpaired) electrons. The summed E-state index contributed by atoms with van der Waals surface area (Å²) in [6.45, 7) is 7.17. The number of carbonyl (C=O) groups excluding carboxylic acids is 1. The molecule has 1 unspecified atom stereocenters. The van der Waals surface area contributed by atoms with Crippen molar-refractivity contribution in [2.45, 2.75) is 71.3 Å². The van der Waals surface area contributed by atoms with Crippen molar-refractivity contribution >= 4 is 5.91 Å². The molecule has 19 heavy (non-hydrogen) atoms. The third-order valence-corrected chi connectivity index (χ3v) is 4.71. The molecule has 1 atom stereocenters. The normalized spacial score (nSPS) is 27.9. The Morgan fingerprint density at radius 2 is 1.84 bits per heavy atom. The van der Waals surface area contributed by atoms with Crippen molar-refractivity contribution in [3.63, 3.8) is 0 Å². The van der Waals surface area contributed by atoms with Gasteiger partial charge in [0.25, 0.3) is 0 Å². The Morgan fingerprint density at radius 1 is 1.16 bits per heavy atom. The summed E-state index contributed by atoms with van der Waals surface area (Å²) in [6.07, 6.45) is 10.00. The summed E-state index contributed by atoms with van der Waals surface area (Å²) in [7, 11) is 0. The Kier molecular flexibility index (Phi) is 5.26. The molecule has 2 aliphatic rings. The lowest BCUT2D eigenvalue weighted by molar-refractivity contribution is -0.130. The number of nitrogens with zero attached hydrogens (tertiary/aromatic N) is 1. The van der Waals surface area contributed by atoms with Gasteiger partial charge in [0.2, 0.25) is 5.91 Å². The van der Waals surface area contributed by atoms with Gasteiger partial charge in [-0.1, -0.05) is 33.1 Å². The number of amides is 1. The Bertz CT molecular complexity index is 293. The zero-order chi connectivity index (χ0) is 13.7. The van der Waals surface area contributed by atoms with Crippen LogP contribution in [-0.4, -0.2) is 36.5 Å². The maximum atomic E-state index is 12.2. The molecule has 0 aromatic carbocycles. The summed E-state index contributed by atoms with van der Waals surface area (Å²) < 4.78 is 0. The van der Waals surface area contributed by atoms with E-state index in [4.69, 9.17) is 0 Å². The van der Waals surface area contributed by atoms with Gasteiger partial charge in [-0.15, -0.1) is 0 Å². The van der Waals surface area contributed by atoms with Gasteiger partial charge >= 0.3 is 0 Å². The number of nitrogens with one attached hydrogen (secondary N) is 1. The lowest BCUT2D eigenvalue weighted by Crippen LogP contribution is -2.44. The molecule has 0 bridgehead atoms. The highest BCUT2D eigenvalue weighted by atomic mass is 16.2. The average Bonchev–Trinajstić information content (AvgIpc) is 2.63. The first-order valence-corrected chi connectivity index (χ1v) is 8.08. The van der Waals surface area contributed by atoms with Crippen LogP contribution in [0.1, 0.15) is 65.2 Å². The molecule has 1 aliphatic heterocycles. The molecule has 2 rings (SSSR count). The van der Waals surface area contributed by atoms with E-state index < -0.39 is 0 Å². The highest BCUT2D eigenvalue weighted by Crippen LogP contribution is 2.34. The van der Waals surface area contributed by atoms with Crippen LogP contribution in [0.15, 0.2) is 0 Å². The quantitative estimate of drug-likeness (QED) is 0.852. The minimum Gasteiger partial charge on any atom is -0.342 e. The first kappa shape index (κ1) is 14.8. The molecule has 110 valence electrons. The Hall–Kier alpha value is -0.570. The van der Waals surface area contributed by atoms with Crippen molar-refractivity contribution in [2.75, 3.05) is 19.6 Å². The van der Waals surface area contributed by atoms with Gasteiger partial charge in [0.1, 0.15) is 0 Å². The highest BCUT2D eigenvalue weighted by Gasteiger charge is 2.28. The topological polar surface area (TPSA) is 32.3 Å². The van der Waals surface area contributed by atoms with Gasteiger partial charge in [0.15, 0.2) is 0 Å². The fourth-order valence-electron chi connectivity index (χ4n) is 3.54. The summed E-state index contributed by atoms with van der Waals surface area (Å²) in [5.41, 5.74) is 0.446. The summed E-state index contributed by atoms with van der Waals surface area (Å²) in [5, 5.41) is 3.50. The summed E-state index contributed by atoms with van der Waals surface area (Å²) >= 11 is 0. The van der Waals surface area contributed by atoms with Crippen LogP contribution < -0.4 is 5.32 Å². The smallest absolute Gasteiger partial charge is 0.236 e. The number of carbonyl (C=O) groups is 1. The molecule has 1 heterocycles. The zero-order valence-corrected chi connectivity index (χ0v) is 12.7. The number of hydrogen-bond acceptors (Lipinski definition) is 2. The van der Waals surface area contributed by atoms with Crippen LogP contribution in [0.5, 0.6) is 0 Å². The third kappa shape index (κ3) is 4.79. The molecule has 1 saturated carbocycles. The fourth-order valence-corrected chi connectivity index (χ4v) is 3.54. The van der Waals surface area contributed by atoms with E-state index in [2.05, 4.69) is 24.1 Å². The first-order valence-electron chi connectivity index (χ1n) is 8.08. The Balaban J connectivity index is 1.73. The van der Waals surface area contributed by atoms with Gasteiger partial charge in [-0.3, -0.25) is 4.79 Å². The van der Waals surface area contributed by atoms with Gasteiger partial charge in [0.05, 0.1) is 6.54 Å². The molecule has 3 nitrogen and oxygen atoms in total. The molecule has 1 aliphatic carbocycles. The Labute approximate surface area is 118 Å². The van der Waals surface area contributed by atoms with Crippen LogP contribution in [0.25, 0.3) is 0 Å². The van der Waals surface area contributed by atoms with Crippen LogP contribution >= 0.6 is 0 Å². The van der Waals surface area contributed by atoms with E-state index in [-0.39, 0.29) is 0 Å². The lowest BCUT2D eigenvalue weighted by Gasteiger charge is -2.36. The van der Waals surface area contributed by atoms with E-state index in [0.717, 1.165) is 13.1 Å². The van der Waals surface area contributed by atoms with Gasteiger partial charge in [0, 0.05) is 19.1 Å². The molecule has 1 amide bonds. The average molecular weight is 266 g/mol. The van der Waals surface area contributed by atoms with Crippen molar-refractivity contribution < 1.29 is 4.79 Å². The maximum Gasteiger partial charge on any atom is 0.236 e. The zero-order valence-electron chi connectivity index (χ0n) is 12.7. The summed E-state index contributed by atoms with van der Waals surface area (Å²) in [6, 6.07) is 0.541. The van der Waals surface area contributed by atoms with Crippen LogP contribution in [0.3, 0.4) is 0 Å². The van der Waals surface area contributed by atoms with E-state index >= 15 is 0 Å². The highest BCUT2D eigenvalue weighted by molar-refractivity contribution is 5.78. The van der Waals surface area contributed by atoms with Gasteiger partial charge in [-0.05, 0) is 37.5 Å². The second-order valence-electron chi connectivity index (χ2n) is 7.13. The minimum absolute atomic E-state index is 0.310. The van der Waals surface area contributed by atoms with Gasteiger partial charge < -0.3 is 10.2 Å². The molecule has 1 saturated heterocycles. The molecular weight excluding hydrogens is 236 g/mol. The second kappa shape index (κ2) is 6.74. The van der Waals surface area contributed by atoms with E-state index in [1.54, 1.807) is 0 Å². The predicted molar refractivity (Wildman–Crippen MR) is 79.1 cm³/mol. The van der Waals surface area contributed by atoms with Crippen LogP contribution in [0.4, 0.5) is 0 Å². The lowest BCUT2D eigenvalue weighted by atomic mass is 9.75. The maximum absolute atomic E-state index is 12.2. The van der Waals surface area contributed by atoms with Crippen LogP contribution in [-0.2, 0) is 4.79 Å². The van der Waals surface area contributed by atoms with Crippen molar-refractivity contribution in [1.82, 2.24) is 10.2 Å². The monoisotopic (exact) mass is 266 g/mol. The van der Waals surface area contributed by atoms with Gasteiger partial charge in [-0.2, -0.15) is 0 Å². The first-order chi connectivity index (χ1) is 9.07. The van der Waals surface area contributed by atoms with Crippen LogP contribution in [0, 0.1) is 5.41 Å². The van der Waals surface area contributed by atoms with E-state index in [0.29, 0.717) is 23.9 Å². The number of likely N-dealkylation sites (tertiary alicyclic amines) is 1. The Morgan fingerprint density at radius 3 is 2.47 bits per heavy atom. The van der Waals surface area contributed by atoms with Crippen molar-refractivity contribution in [1.29, 1.82) is 0 Å². The van der Waals surface area contributed by atoms with Crippen LogP contribution in [0.2, 0.25) is 0 Å². The van der Waals surface area contributed by atoms with Crippen molar-refractivity contribution in [3.05, 3.63) is 0 Å². The molecule has 0 spiro atoms. The van der Waals surface area contributed by atoms with E-state index in [1.807, 2.05) is 0 Å². The summed E-state index contributed by atoms with van der Waals surface area (Å²) in [4.78, 5) is 14.3. The molecule has 1 N–H and O–H groups in total. The molecule has 2 fully saturated rings. The van der Waals surface area contributed by atoms with E-state index in [1.165, 1.54) is 51.4 Å². The van der Waals surface area contributed by atoms with Gasteiger partial charge in [-0.25, -0.2) is 0 Å². The summed E-state index contributed by atoms with van der Waals surface area (Å²) in [5.74, 6) is 0.310. The second-order valence-corrected chi connectivity index (χ2v) is 7.13. The minimum atomic E-state index is 0.310. The predicted octanol–water partition coefficient (Wildman–Crippen LogP) is 2.95. The third-order valence-electron chi connectivity index (χ3n) is 4.71.